The molecule has 0 spiro atoms. The second-order valence-corrected chi connectivity index (χ2v) is 6.79. The number of halogens is 1. The molecule has 3 N–H and O–H groups in total. The Morgan fingerprint density at radius 2 is 2.04 bits per heavy atom. The van der Waals surface area contributed by atoms with E-state index in [1.165, 1.54) is 11.3 Å². The monoisotopic (exact) mass is 362 g/mol. The minimum absolute atomic E-state index is 0.343. The summed E-state index contributed by atoms with van der Waals surface area (Å²) in [5.41, 5.74) is 1.64. The van der Waals surface area contributed by atoms with E-state index in [4.69, 9.17) is 16.9 Å². The normalized spacial score (nSPS) is 12.5. The van der Waals surface area contributed by atoms with Crippen LogP contribution in [-0.2, 0) is 6.54 Å². The molecule has 1 unspecified atom stereocenters. The van der Waals surface area contributed by atoms with Crippen LogP contribution in [0.15, 0.2) is 41.4 Å². The fourth-order valence-electron chi connectivity index (χ4n) is 2.00. The first-order valence-corrected chi connectivity index (χ1v) is 8.76. The Labute approximate surface area is 150 Å². The Balaban J connectivity index is 1.93. The van der Waals surface area contributed by atoms with E-state index in [1.807, 2.05) is 25.1 Å². The summed E-state index contributed by atoms with van der Waals surface area (Å²) in [6.45, 7) is 3.53. The number of guanidine groups is 1. The molecule has 1 aromatic carbocycles. The van der Waals surface area contributed by atoms with Crippen LogP contribution in [0.4, 0.5) is 0 Å². The van der Waals surface area contributed by atoms with Crippen LogP contribution in [0.2, 0.25) is 4.34 Å². The number of nitrogens with one attached hydrogen (secondary N) is 2. The van der Waals surface area contributed by atoms with Gasteiger partial charge in [0.1, 0.15) is 6.10 Å². The molecular formula is C17H19ClN4OS. The summed E-state index contributed by atoms with van der Waals surface area (Å²) in [4.78, 5) is 5.30. The Hall–Kier alpha value is -2.07. The first kappa shape index (κ1) is 18.3. The molecule has 0 fully saturated rings. The summed E-state index contributed by atoms with van der Waals surface area (Å²) in [5.74, 6) is 0.628. The van der Waals surface area contributed by atoms with Gasteiger partial charge in [0.2, 0.25) is 0 Å². The van der Waals surface area contributed by atoms with Gasteiger partial charge in [0.25, 0.3) is 0 Å². The molecule has 0 saturated heterocycles. The summed E-state index contributed by atoms with van der Waals surface area (Å²) < 4.78 is 0.658. The van der Waals surface area contributed by atoms with E-state index >= 15 is 0 Å². The predicted octanol–water partition coefficient (Wildman–Crippen LogP) is 3.06. The fraction of sp³-hybridized carbons (Fsp3) is 0.294. The Morgan fingerprint density at radius 1 is 1.29 bits per heavy atom. The van der Waals surface area contributed by atoms with Crippen molar-refractivity contribution in [1.82, 2.24) is 10.6 Å². The Bertz CT molecular complexity index is 721. The van der Waals surface area contributed by atoms with Crippen LogP contribution >= 0.6 is 22.9 Å². The van der Waals surface area contributed by atoms with Gasteiger partial charge in [-0.3, -0.25) is 0 Å². The first-order chi connectivity index (χ1) is 11.6. The maximum Gasteiger partial charge on any atom is 0.191 e. The van der Waals surface area contributed by atoms with Crippen molar-refractivity contribution in [1.29, 1.82) is 5.26 Å². The van der Waals surface area contributed by atoms with Gasteiger partial charge >= 0.3 is 0 Å². The zero-order valence-corrected chi connectivity index (χ0v) is 14.9. The van der Waals surface area contributed by atoms with Crippen molar-refractivity contribution in [3.63, 3.8) is 0 Å². The van der Waals surface area contributed by atoms with E-state index in [1.54, 1.807) is 18.2 Å². The van der Waals surface area contributed by atoms with Crippen LogP contribution in [-0.4, -0.2) is 24.2 Å². The molecule has 0 amide bonds. The number of aliphatic hydroxyl groups excluding tert-OH is 1. The number of hydrogen-bond acceptors (Lipinski definition) is 4. The number of aliphatic imine (C=N–C) groups is 1. The molecule has 0 bridgehead atoms. The van der Waals surface area contributed by atoms with Crippen molar-refractivity contribution in [2.45, 2.75) is 19.6 Å². The number of nitriles is 1. The molecule has 0 aliphatic rings. The van der Waals surface area contributed by atoms with Gasteiger partial charge < -0.3 is 15.7 Å². The van der Waals surface area contributed by atoms with Crippen LogP contribution in [0.1, 0.15) is 29.0 Å². The highest BCUT2D eigenvalue weighted by Gasteiger charge is 2.10. The highest BCUT2D eigenvalue weighted by molar-refractivity contribution is 7.16. The van der Waals surface area contributed by atoms with Crippen LogP contribution < -0.4 is 10.6 Å². The molecule has 24 heavy (non-hydrogen) atoms. The van der Waals surface area contributed by atoms with Crippen molar-refractivity contribution in [2.24, 2.45) is 4.99 Å². The molecule has 0 aliphatic carbocycles. The number of nitrogens with zero attached hydrogens (tertiary/aromatic N) is 2. The zero-order chi connectivity index (χ0) is 17.4. The maximum atomic E-state index is 10.2. The topological polar surface area (TPSA) is 80.4 Å². The molecule has 1 atom stereocenters. The lowest BCUT2D eigenvalue weighted by molar-refractivity contribution is 0.184. The number of rotatable bonds is 6. The third-order valence-corrected chi connectivity index (χ3v) is 4.56. The van der Waals surface area contributed by atoms with E-state index in [0.717, 1.165) is 17.0 Å². The number of aliphatic hydroxyl groups is 1. The highest BCUT2D eigenvalue weighted by atomic mass is 35.5. The molecule has 1 heterocycles. The lowest BCUT2D eigenvalue weighted by atomic mass is 10.1. The standard InChI is InChI=1S/C17H19ClN4OS/c1-2-20-17(21-10-13-5-3-12(9-19)4-6-13)22-11-14(23)15-7-8-16(18)24-15/h3-8,14,23H,2,10-11H2,1H3,(H2,20,21,22). The van der Waals surface area contributed by atoms with Gasteiger partial charge in [-0.2, -0.15) is 5.26 Å². The van der Waals surface area contributed by atoms with Gasteiger partial charge in [-0.15, -0.1) is 11.3 Å². The van der Waals surface area contributed by atoms with E-state index < -0.39 is 6.10 Å². The van der Waals surface area contributed by atoms with Crippen LogP contribution in [0.25, 0.3) is 0 Å². The van der Waals surface area contributed by atoms with Crippen molar-refractivity contribution in [3.05, 3.63) is 56.7 Å². The molecule has 2 aromatic rings. The fourth-order valence-corrected chi connectivity index (χ4v) is 3.05. The largest absolute Gasteiger partial charge is 0.386 e. The molecule has 7 heteroatoms. The minimum atomic E-state index is -0.638. The van der Waals surface area contributed by atoms with Crippen molar-refractivity contribution in [2.75, 3.05) is 13.1 Å². The van der Waals surface area contributed by atoms with E-state index in [2.05, 4.69) is 21.7 Å². The number of benzene rings is 1. The third kappa shape index (κ3) is 5.53. The Morgan fingerprint density at radius 3 is 2.62 bits per heavy atom. The van der Waals surface area contributed by atoms with E-state index in [-0.39, 0.29) is 0 Å². The molecule has 0 radical (unpaired) electrons. The molecule has 0 saturated carbocycles. The second-order valence-electron chi connectivity index (χ2n) is 5.04. The Kier molecular flexibility index (Phi) is 7.07. The number of thiophene rings is 1. The molecule has 126 valence electrons. The predicted molar refractivity (Wildman–Crippen MR) is 98.3 cm³/mol. The quantitative estimate of drug-likeness (QED) is 0.545. The van der Waals surface area contributed by atoms with Gasteiger partial charge in [-0.1, -0.05) is 23.7 Å². The molecule has 2 rings (SSSR count). The SMILES string of the molecule is CCNC(=NCc1ccc(C#N)cc1)NCC(O)c1ccc(Cl)s1. The summed E-state index contributed by atoms with van der Waals surface area (Å²) in [7, 11) is 0. The summed E-state index contributed by atoms with van der Waals surface area (Å²) in [5, 5.41) is 25.2. The third-order valence-electron chi connectivity index (χ3n) is 3.23. The average Bonchev–Trinajstić information content (AvgIpc) is 3.04. The maximum absolute atomic E-state index is 10.2. The van der Waals surface area contributed by atoms with Gasteiger partial charge in [0, 0.05) is 18.0 Å². The van der Waals surface area contributed by atoms with Gasteiger partial charge in [0.15, 0.2) is 5.96 Å². The van der Waals surface area contributed by atoms with Crippen molar-refractivity contribution < 1.29 is 5.11 Å². The van der Waals surface area contributed by atoms with E-state index in [0.29, 0.717) is 28.9 Å². The summed E-state index contributed by atoms with van der Waals surface area (Å²) in [6.07, 6.45) is -0.638. The average molecular weight is 363 g/mol. The summed E-state index contributed by atoms with van der Waals surface area (Å²) >= 11 is 7.25. The van der Waals surface area contributed by atoms with Gasteiger partial charge in [-0.05, 0) is 36.8 Å². The zero-order valence-electron chi connectivity index (χ0n) is 13.3. The molecule has 5 nitrogen and oxygen atoms in total. The molecule has 0 aliphatic heterocycles. The second kappa shape index (κ2) is 9.28. The van der Waals surface area contributed by atoms with Crippen LogP contribution in [0.5, 0.6) is 0 Å². The lowest BCUT2D eigenvalue weighted by Gasteiger charge is -2.14. The highest BCUT2D eigenvalue weighted by Crippen LogP contribution is 2.26. The van der Waals surface area contributed by atoms with Crippen molar-refractivity contribution >= 4 is 28.9 Å². The lowest BCUT2D eigenvalue weighted by Crippen LogP contribution is -2.39. The first-order valence-electron chi connectivity index (χ1n) is 7.57. The minimum Gasteiger partial charge on any atom is -0.386 e. The smallest absolute Gasteiger partial charge is 0.191 e. The van der Waals surface area contributed by atoms with Crippen LogP contribution in [0.3, 0.4) is 0 Å². The summed E-state index contributed by atoms with van der Waals surface area (Å²) in [6, 6.07) is 13.0. The van der Waals surface area contributed by atoms with E-state index in [9.17, 15) is 5.11 Å². The van der Waals surface area contributed by atoms with Gasteiger partial charge in [0.05, 0.1) is 22.5 Å². The molecular weight excluding hydrogens is 344 g/mol. The number of hydrogen-bond donors (Lipinski definition) is 3. The van der Waals surface area contributed by atoms with Crippen LogP contribution in [0, 0.1) is 11.3 Å². The van der Waals surface area contributed by atoms with Gasteiger partial charge in [-0.25, -0.2) is 4.99 Å². The molecule has 1 aromatic heterocycles. The van der Waals surface area contributed by atoms with Crippen molar-refractivity contribution in [3.8, 4) is 6.07 Å².